The molecule has 1 amide bonds. The molecule has 0 unspecified atom stereocenters. The molecular weight excluding hydrogens is 272 g/mol. The molecule has 0 aliphatic carbocycles. The van der Waals surface area contributed by atoms with Crippen molar-refractivity contribution in [3.8, 4) is 0 Å². The molecule has 0 saturated heterocycles. The van der Waals surface area contributed by atoms with Gasteiger partial charge >= 0.3 is 0 Å². The van der Waals surface area contributed by atoms with Gasteiger partial charge in [0.2, 0.25) is 0 Å². The molecule has 0 spiro atoms. The van der Waals surface area contributed by atoms with Gasteiger partial charge in [-0.2, -0.15) is 0 Å². The third-order valence-corrected chi connectivity index (χ3v) is 3.99. The fourth-order valence-electron chi connectivity index (χ4n) is 2.73. The van der Waals surface area contributed by atoms with Crippen molar-refractivity contribution in [3.63, 3.8) is 0 Å². The van der Waals surface area contributed by atoms with Gasteiger partial charge in [-0.05, 0) is 37.0 Å². The van der Waals surface area contributed by atoms with Gasteiger partial charge in [-0.1, -0.05) is 29.8 Å². The molecule has 1 aromatic heterocycles. The zero-order valence-corrected chi connectivity index (χ0v) is 12.0. The van der Waals surface area contributed by atoms with Gasteiger partial charge in [0.15, 0.2) is 0 Å². The Labute approximate surface area is 123 Å². The van der Waals surface area contributed by atoms with Gasteiger partial charge in [-0.3, -0.25) is 9.78 Å². The number of para-hydroxylation sites is 1. The highest BCUT2D eigenvalue weighted by molar-refractivity contribution is 6.34. The normalized spacial score (nSPS) is 14.0. The molecule has 0 bridgehead atoms. The highest BCUT2D eigenvalue weighted by Gasteiger charge is 2.26. The van der Waals surface area contributed by atoms with E-state index in [2.05, 4.69) is 11.1 Å². The quantitative estimate of drug-likeness (QED) is 0.802. The molecule has 3 rings (SSSR count). The lowest BCUT2D eigenvalue weighted by molar-refractivity contribution is 0.0984. The molecule has 4 heteroatoms. The first kappa shape index (κ1) is 13.1. The zero-order chi connectivity index (χ0) is 14.1. The molecule has 0 N–H and O–H groups in total. The highest BCUT2D eigenvalue weighted by atomic mass is 35.5. The number of aromatic nitrogens is 1. The summed E-state index contributed by atoms with van der Waals surface area (Å²) in [6.45, 7) is 2.76. The summed E-state index contributed by atoms with van der Waals surface area (Å²) in [5.41, 5.74) is 3.84. The molecule has 3 nitrogen and oxygen atoms in total. The summed E-state index contributed by atoms with van der Waals surface area (Å²) < 4.78 is 0. The largest absolute Gasteiger partial charge is 0.308 e. The standard InChI is InChI=1S/C16H15ClN2O/c1-11-4-2-5-12-6-3-9-19(15(11)12)16(20)13-10-18-8-7-14(13)17/h2,4-5,7-8,10H,3,6,9H2,1H3. The van der Waals surface area contributed by atoms with E-state index in [0.29, 0.717) is 10.6 Å². The third-order valence-electron chi connectivity index (χ3n) is 3.66. The molecule has 0 atom stereocenters. The number of halogens is 1. The second-order valence-electron chi connectivity index (χ2n) is 5.00. The molecule has 1 aliphatic rings. The Balaban J connectivity index is 2.05. The smallest absolute Gasteiger partial charge is 0.261 e. The molecule has 1 aliphatic heterocycles. The van der Waals surface area contributed by atoms with Gasteiger partial charge in [0, 0.05) is 18.9 Å². The molecular formula is C16H15ClN2O. The number of amides is 1. The summed E-state index contributed by atoms with van der Waals surface area (Å²) in [6, 6.07) is 7.82. The summed E-state index contributed by atoms with van der Waals surface area (Å²) in [6.07, 6.45) is 5.12. The van der Waals surface area contributed by atoms with Crippen molar-refractivity contribution < 1.29 is 4.79 Å². The van der Waals surface area contributed by atoms with Crippen LogP contribution >= 0.6 is 11.6 Å². The first-order valence-electron chi connectivity index (χ1n) is 6.68. The molecule has 102 valence electrons. The minimum atomic E-state index is -0.0710. The van der Waals surface area contributed by atoms with E-state index in [1.807, 2.05) is 24.0 Å². The maximum absolute atomic E-state index is 12.7. The minimum absolute atomic E-state index is 0.0710. The lowest BCUT2D eigenvalue weighted by Crippen LogP contribution is -2.36. The van der Waals surface area contributed by atoms with Crippen LogP contribution in [0.15, 0.2) is 36.7 Å². The van der Waals surface area contributed by atoms with Crippen LogP contribution in [0.4, 0.5) is 5.69 Å². The van der Waals surface area contributed by atoms with Gasteiger partial charge in [0.25, 0.3) is 5.91 Å². The van der Waals surface area contributed by atoms with E-state index in [-0.39, 0.29) is 5.91 Å². The third kappa shape index (κ3) is 2.18. The SMILES string of the molecule is Cc1cccc2c1N(C(=O)c1cnccc1Cl)CCC2. The Bertz CT molecular complexity index is 669. The van der Waals surface area contributed by atoms with Crippen molar-refractivity contribution in [3.05, 3.63) is 58.4 Å². The van der Waals surface area contributed by atoms with Gasteiger partial charge in [-0.15, -0.1) is 0 Å². The summed E-state index contributed by atoms with van der Waals surface area (Å²) >= 11 is 6.12. The number of hydrogen-bond acceptors (Lipinski definition) is 2. The molecule has 2 aromatic rings. The molecule has 20 heavy (non-hydrogen) atoms. The van der Waals surface area contributed by atoms with E-state index in [4.69, 9.17) is 11.6 Å². The molecule has 0 saturated carbocycles. The number of nitrogens with zero attached hydrogens (tertiary/aromatic N) is 2. The van der Waals surface area contributed by atoms with Crippen molar-refractivity contribution in [1.82, 2.24) is 4.98 Å². The van der Waals surface area contributed by atoms with Crippen LogP contribution in [0.2, 0.25) is 5.02 Å². The fourth-order valence-corrected chi connectivity index (χ4v) is 2.92. The summed E-state index contributed by atoms with van der Waals surface area (Å²) in [4.78, 5) is 18.6. The lowest BCUT2D eigenvalue weighted by atomic mass is 9.97. The van der Waals surface area contributed by atoms with E-state index < -0.39 is 0 Å². The zero-order valence-electron chi connectivity index (χ0n) is 11.3. The van der Waals surface area contributed by atoms with Crippen LogP contribution in [0, 0.1) is 6.92 Å². The van der Waals surface area contributed by atoms with Gasteiger partial charge in [0.1, 0.15) is 0 Å². The summed E-state index contributed by atoms with van der Waals surface area (Å²) in [7, 11) is 0. The van der Waals surface area contributed by atoms with Crippen molar-refractivity contribution in [2.24, 2.45) is 0 Å². The van der Waals surface area contributed by atoms with Crippen molar-refractivity contribution in [2.75, 3.05) is 11.4 Å². The maximum Gasteiger partial charge on any atom is 0.261 e. The fraction of sp³-hybridized carbons (Fsp3) is 0.250. The Morgan fingerprint density at radius 1 is 1.35 bits per heavy atom. The molecule has 0 fully saturated rings. The van der Waals surface area contributed by atoms with Crippen LogP contribution < -0.4 is 4.90 Å². The van der Waals surface area contributed by atoms with E-state index >= 15 is 0 Å². The average Bonchev–Trinajstić information content (AvgIpc) is 2.47. The highest BCUT2D eigenvalue weighted by Crippen LogP contribution is 2.32. The predicted molar refractivity (Wildman–Crippen MR) is 80.4 cm³/mol. The van der Waals surface area contributed by atoms with Crippen molar-refractivity contribution >= 4 is 23.2 Å². The number of carbonyl (C=O) groups excluding carboxylic acids is 1. The van der Waals surface area contributed by atoms with Crippen LogP contribution in [-0.2, 0) is 6.42 Å². The number of fused-ring (bicyclic) bond motifs is 1. The molecule has 1 aromatic carbocycles. The predicted octanol–water partition coefficient (Wildman–Crippen LogP) is 3.64. The Morgan fingerprint density at radius 3 is 3.00 bits per heavy atom. The number of carbonyl (C=O) groups is 1. The summed E-state index contributed by atoms with van der Waals surface area (Å²) in [5.74, 6) is -0.0710. The van der Waals surface area contributed by atoms with Gasteiger partial charge in [-0.25, -0.2) is 0 Å². The number of benzene rings is 1. The van der Waals surface area contributed by atoms with Crippen molar-refractivity contribution in [1.29, 1.82) is 0 Å². The Morgan fingerprint density at radius 2 is 2.20 bits per heavy atom. The first-order chi connectivity index (χ1) is 9.68. The van der Waals surface area contributed by atoms with Crippen LogP contribution in [0.1, 0.15) is 27.9 Å². The van der Waals surface area contributed by atoms with E-state index in [1.165, 1.54) is 11.8 Å². The van der Waals surface area contributed by atoms with Crippen molar-refractivity contribution in [2.45, 2.75) is 19.8 Å². The lowest BCUT2D eigenvalue weighted by Gasteiger charge is -2.31. The average molecular weight is 287 g/mol. The van der Waals surface area contributed by atoms with E-state index in [1.54, 1.807) is 12.3 Å². The van der Waals surface area contributed by atoms with Gasteiger partial charge in [0.05, 0.1) is 16.3 Å². The van der Waals surface area contributed by atoms with Crippen LogP contribution in [0.3, 0.4) is 0 Å². The second-order valence-corrected chi connectivity index (χ2v) is 5.41. The second kappa shape index (κ2) is 5.25. The van der Waals surface area contributed by atoms with Gasteiger partial charge < -0.3 is 4.90 Å². The van der Waals surface area contributed by atoms with Crippen LogP contribution in [-0.4, -0.2) is 17.4 Å². The number of anilines is 1. The summed E-state index contributed by atoms with van der Waals surface area (Å²) in [5, 5.41) is 0.450. The van der Waals surface area contributed by atoms with Crippen LogP contribution in [0.5, 0.6) is 0 Å². The molecule has 0 radical (unpaired) electrons. The number of aryl methyl sites for hydroxylation is 2. The molecule has 2 heterocycles. The topological polar surface area (TPSA) is 33.2 Å². The Hall–Kier alpha value is -1.87. The number of rotatable bonds is 1. The Kier molecular flexibility index (Phi) is 3.45. The van der Waals surface area contributed by atoms with E-state index in [0.717, 1.165) is 30.6 Å². The number of hydrogen-bond donors (Lipinski definition) is 0. The number of pyridine rings is 1. The maximum atomic E-state index is 12.7. The minimum Gasteiger partial charge on any atom is -0.308 e. The monoisotopic (exact) mass is 286 g/mol. The van der Waals surface area contributed by atoms with E-state index in [9.17, 15) is 4.79 Å². The first-order valence-corrected chi connectivity index (χ1v) is 7.06. The van der Waals surface area contributed by atoms with Crippen LogP contribution in [0.25, 0.3) is 0 Å².